The van der Waals surface area contributed by atoms with E-state index < -0.39 is 0 Å². The van der Waals surface area contributed by atoms with Crippen LogP contribution in [0.1, 0.15) is 22.5 Å². The number of amides is 1. The summed E-state index contributed by atoms with van der Waals surface area (Å²) >= 11 is 0. The molecule has 28 heavy (non-hydrogen) atoms. The summed E-state index contributed by atoms with van der Waals surface area (Å²) in [5, 5.41) is 4.75. The number of aryl methyl sites for hydroxylation is 1. The van der Waals surface area contributed by atoms with Crippen LogP contribution in [-0.4, -0.2) is 46.3 Å². The van der Waals surface area contributed by atoms with Crippen LogP contribution in [0.25, 0.3) is 11.3 Å². The third kappa shape index (κ3) is 3.43. The van der Waals surface area contributed by atoms with Gasteiger partial charge < -0.3 is 14.4 Å². The van der Waals surface area contributed by atoms with Gasteiger partial charge >= 0.3 is 0 Å². The molecule has 0 N–H and O–H groups in total. The first-order valence-corrected chi connectivity index (χ1v) is 9.18. The quantitative estimate of drug-likeness (QED) is 0.698. The predicted molar refractivity (Wildman–Crippen MR) is 104 cm³/mol. The molecule has 144 valence electrons. The molecule has 0 fully saturated rings. The average Bonchev–Trinajstić information content (AvgIpc) is 3.04. The normalized spacial score (nSPS) is 13.6. The number of methoxy groups -OCH3 is 2. The van der Waals surface area contributed by atoms with Gasteiger partial charge in [0.05, 0.1) is 32.2 Å². The van der Waals surface area contributed by atoms with Crippen LogP contribution < -0.4 is 9.47 Å². The molecule has 0 atom stereocenters. The average molecular weight is 378 g/mol. The van der Waals surface area contributed by atoms with E-state index in [-0.39, 0.29) is 5.91 Å². The number of nitrogens with zero attached hydrogens (tertiary/aromatic N) is 4. The SMILES string of the molecule is COc1ccc(-c2cc3n(n2)CCCN(C(=O)c2ccncc2)C3)cc1OC. The van der Waals surface area contributed by atoms with Gasteiger partial charge in [0.1, 0.15) is 0 Å². The van der Waals surface area contributed by atoms with E-state index in [4.69, 9.17) is 14.6 Å². The lowest BCUT2D eigenvalue weighted by atomic mass is 10.1. The summed E-state index contributed by atoms with van der Waals surface area (Å²) in [5.74, 6) is 1.36. The number of carbonyl (C=O) groups is 1. The molecule has 0 radical (unpaired) electrons. The van der Waals surface area contributed by atoms with E-state index in [0.29, 0.717) is 30.2 Å². The van der Waals surface area contributed by atoms with E-state index >= 15 is 0 Å². The zero-order valence-electron chi connectivity index (χ0n) is 16.0. The van der Waals surface area contributed by atoms with Crippen molar-refractivity contribution in [3.05, 3.63) is 60.0 Å². The Balaban J connectivity index is 1.61. The number of aromatic nitrogens is 3. The standard InChI is InChI=1S/C21H22N4O3/c1-27-19-5-4-16(12-20(19)28-2)18-13-17-14-24(10-3-11-25(17)23-18)21(26)15-6-8-22-9-7-15/h4-9,12-13H,3,10-11,14H2,1-2H3. The summed E-state index contributed by atoms with van der Waals surface area (Å²) in [4.78, 5) is 18.7. The van der Waals surface area contributed by atoms with Gasteiger partial charge in [-0.3, -0.25) is 14.5 Å². The van der Waals surface area contributed by atoms with E-state index in [2.05, 4.69) is 4.98 Å². The maximum absolute atomic E-state index is 12.8. The fourth-order valence-corrected chi connectivity index (χ4v) is 3.45. The Morgan fingerprint density at radius 2 is 1.79 bits per heavy atom. The van der Waals surface area contributed by atoms with E-state index in [1.807, 2.05) is 33.8 Å². The van der Waals surface area contributed by atoms with Gasteiger partial charge in [0.25, 0.3) is 5.91 Å². The minimum Gasteiger partial charge on any atom is -0.493 e. The van der Waals surface area contributed by atoms with Crippen LogP contribution in [0.3, 0.4) is 0 Å². The van der Waals surface area contributed by atoms with E-state index in [9.17, 15) is 4.79 Å². The highest BCUT2D eigenvalue weighted by molar-refractivity contribution is 5.94. The fraction of sp³-hybridized carbons (Fsp3) is 0.286. The second kappa shape index (κ2) is 7.72. The number of carbonyl (C=O) groups excluding carboxylic acids is 1. The fourth-order valence-electron chi connectivity index (χ4n) is 3.45. The summed E-state index contributed by atoms with van der Waals surface area (Å²) in [7, 11) is 3.23. The molecule has 3 heterocycles. The van der Waals surface area contributed by atoms with Crippen molar-refractivity contribution in [2.24, 2.45) is 0 Å². The van der Waals surface area contributed by atoms with Crippen molar-refractivity contribution in [3.63, 3.8) is 0 Å². The van der Waals surface area contributed by atoms with Crippen LogP contribution >= 0.6 is 0 Å². The van der Waals surface area contributed by atoms with Gasteiger partial charge in [-0.2, -0.15) is 5.10 Å². The Bertz CT molecular complexity index is 985. The zero-order valence-corrected chi connectivity index (χ0v) is 16.0. The maximum atomic E-state index is 12.8. The Kier molecular flexibility index (Phi) is 4.97. The monoisotopic (exact) mass is 378 g/mol. The maximum Gasteiger partial charge on any atom is 0.254 e. The largest absolute Gasteiger partial charge is 0.493 e. The Morgan fingerprint density at radius 1 is 1.00 bits per heavy atom. The van der Waals surface area contributed by atoms with Crippen LogP contribution in [0.4, 0.5) is 0 Å². The molecular formula is C21H22N4O3. The molecule has 1 aliphatic heterocycles. The molecule has 2 aromatic heterocycles. The number of hydrogen-bond acceptors (Lipinski definition) is 5. The summed E-state index contributed by atoms with van der Waals surface area (Å²) in [6.07, 6.45) is 4.14. The number of fused-ring (bicyclic) bond motifs is 1. The van der Waals surface area contributed by atoms with Crippen LogP contribution in [0.5, 0.6) is 11.5 Å². The second-order valence-electron chi connectivity index (χ2n) is 6.63. The number of benzene rings is 1. The lowest BCUT2D eigenvalue weighted by Crippen LogP contribution is -2.30. The lowest BCUT2D eigenvalue weighted by molar-refractivity contribution is 0.0745. The molecule has 0 saturated heterocycles. The van der Waals surface area contributed by atoms with E-state index in [0.717, 1.165) is 29.9 Å². The zero-order chi connectivity index (χ0) is 19.5. The first-order chi connectivity index (χ1) is 13.7. The van der Waals surface area contributed by atoms with Gasteiger partial charge in [0, 0.05) is 36.6 Å². The van der Waals surface area contributed by atoms with Crippen molar-refractivity contribution in [3.8, 4) is 22.8 Å². The molecule has 4 rings (SSSR count). The molecule has 0 bridgehead atoms. The molecule has 3 aromatic rings. The van der Waals surface area contributed by atoms with Crippen LogP contribution in [-0.2, 0) is 13.1 Å². The van der Waals surface area contributed by atoms with E-state index in [1.165, 1.54) is 0 Å². The number of hydrogen-bond donors (Lipinski definition) is 0. The molecule has 1 aliphatic rings. The van der Waals surface area contributed by atoms with Crippen molar-refractivity contribution >= 4 is 5.91 Å². The van der Waals surface area contributed by atoms with Crippen molar-refractivity contribution in [2.75, 3.05) is 20.8 Å². The molecule has 1 aromatic carbocycles. The first-order valence-electron chi connectivity index (χ1n) is 9.18. The van der Waals surface area contributed by atoms with Gasteiger partial charge in [0.2, 0.25) is 0 Å². The molecule has 7 heteroatoms. The number of rotatable bonds is 4. The summed E-state index contributed by atoms with van der Waals surface area (Å²) in [6, 6.07) is 11.3. The molecule has 1 amide bonds. The third-order valence-corrected chi connectivity index (χ3v) is 4.91. The van der Waals surface area contributed by atoms with Crippen LogP contribution in [0.2, 0.25) is 0 Å². The summed E-state index contributed by atoms with van der Waals surface area (Å²) in [6.45, 7) is 2.01. The lowest BCUT2D eigenvalue weighted by Gasteiger charge is -2.19. The topological polar surface area (TPSA) is 69.5 Å². The second-order valence-corrected chi connectivity index (χ2v) is 6.63. The summed E-state index contributed by atoms with van der Waals surface area (Å²) in [5.41, 5.74) is 3.48. The molecule has 0 saturated carbocycles. The van der Waals surface area contributed by atoms with Crippen molar-refractivity contribution in [1.29, 1.82) is 0 Å². The first kappa shape index (κ1) is 18.0. The van der Waals surface area contributed by atoms with Crippen molar-refractivity contribution < 1.29 is 14.3 Å². The molecule has 7 nitrogen and oxygen atoms in total. The number of ether oxygens (including phenoxy) is 2. The summed E-state index contributed by atoms with van der Waals surface area (Å²) < 4.78 is 12.7. The van der Waals surface area contributed by atoms with Gasteiger partial charge in [-0.1, -0.05) is 0 Å². The van der Waals surface area contributed by atoms with Gasteiger partial charge in [-0.05, 0) is 42.8 Å². The highest BCUT2D eigenvalue weighted by atomic mass is 16.5. The molecule has 0 unspecified atom stereocenters. The van der Waals surface area contributed by atoms with Crippen molar-refractivity contribution in [2.45, 2.75) is 19.5 Å². The van der Waals surface area contributed by atoms with E-state index in [1.54, 1.807) is 38.7 Å². The van der Waals surface area contributed by atoms with Gasteiger partial charge in [0.15, 0.2) is 11.5 Å². The Morgan fingerprint density at radius 3 is 2.54 bits per heavy atom. The highest BCUT2D eigenvalue weighted by Gasteiger charge is 2.22. The van der Waals surface area contributed by atoms with Gasteiger partial charge in [-0.25, -0.2) is 0 Å². The predicted octanol–water partition coefficient (Wildman–Crippen LogP) is 3.01. The van der Waals surface area contributed by atoms with Crippen LogP contribution in [0.15, 0.2) is 48.8 Å². The molecular weight excluding hydrogens is 356 g/mol. The minimum absolute atomic E-state index is 0.0183. The number of pyridine rings is 1. The van der Waals surface area contributed by atoms with Gasteiger partial charge in [-0.15, -0.1) is 0 Å². The third-order valence-electron chi connectivity index (χ3n) is 4.91. The van der Waals surface area contributed by atoms with Crippen molar-refractivity contribution in [1.82, 2.24) is 19.7 Å². The Hall–Kier alpha value is -3.35. The van der Waals surface area contributed by atoms with Crippen LogP contribution in [0, 0.1) is 0 Å². The minimum atomic E-state index is 0.0183. The smallest absolute Gasteiger partial charge is 0.254 e. The Labute approximate surface area is 163 Å². The molecule has 0 spiro atoms. The molecule has 0 aliphatic carbocycles. The highest BCUT2D eigenvalue weighted by Crippen LogP contribution is 2.32.